The van der Waals surface area contributed by atoms with E-state index in [0.717, 1.165) is 6.42 Å². The van der Waals surface area contributed by atoms with Crippen molar-refractivity contribution in [2.75, 3.05) is 0 Å². The third kappa shape index (κ3) is 3.46. The van der Waals surface area contributed by atoms with Gasteiger partial charge < -0.3 is 0 Å². The van der Waals surface area contributed by atoms with Crippen molar-refractivity contribution < 1.29 is 0 Å². The van der Waals surface area contributed by atoms with Crippen molar-refractivity contribution in [3.63, 3.8) is 0 Å². The number of hydrogen-bond donors (Lipinski definition) is 0. The molecule has 0 amide bonds. The maximum absolute atomic E-state index is 2.28. The molecule has 0 radical (unpaired) electrons. The molecule has 0 atom stereocenters. The van der Waals surface area contributed by atoms with Crippen LogP contribution in [0.25, 0.3) is 0 Å². The Morgan fingerprint density at radius 1 is 0.833 bits per heavy atom. The van der Waals surface area contributed by atoms with Gasteiger partial charge in [0.2, 0.25) is 0 Å². The zero-order valence-electron chi connectivity index (χ0n) is 11.4. The maximum atomic E-state index is 2.28. The Morgan fingerprint density at radius 2 is 1.50 bits per heavy atom. The first-order chi connectivity index (χ1) is 8.79. The van der Waals surface area contributed by atoms with Crippen molar-refractivity contribution >= 4 is 0 Å². The van der Waals surface area contributed by atoms with Crippen LogP contribution in [0.2, 0.25) is 0 Å². The first-order valence-corrected chi connectivity index (χ1v) is 6.92. The van der Waals surface area contributed by atoms with Crippen molar-refractivity contribution in [2.45, 2.75) is 39.5 Å². The molecule has 0 aromatic heterocycles. The number of unbranched alkanes of at least 4 members (excludes halogenated alkanes) is 1. The molecule has 2 aromatic carbocycles. The molecule has 0 saturated carbocycles. The second-order valence-corrected chi connectivity index (χ2v) is 5.03. The zero-order chi connectivity index (χ0) is 12.8. The monoisotopic (exact) mass is 238 g/mol. The van der Waals surface area contributed by atoms with E-state index in [-0.39, 0.29) is 0 Å². The van der Waals surface area contributed by atoms with Gasteiger partial charge >= 0.3 is 0 Å². The number of benzene rings is 2. The lowest BCUT2D eigenvalue weighted by molar-refractivity contribution is 0.788. The smallest absolute Gasteiger partial charge is 0.00230 e. The minimum Gasteiger partial charge on any atom is -0.0654 e. The van der Waals surface area contributed by atoms with Crippen molar-refractivity contribution in [3.8, 4) is 0 Å². The number of hydrogen-bond acceptors (Lipinski definition) is 0. The fourth-order valence-electron chi connectivity index (χ4n) is 2.27. The fourth-order valence-corrected chi connectivity index (χ4v) is 2.27. The normalized spacial score (nSPS) is 10.6. The quantitative estimate of drug-likeness (QED) is 0.693. The average Bonchev–Trinajstić information content (AvgIpc) is 2.40. The van der Waals surface area contributed by atoms with Crippen molar-refractivity contribution in [1.82, 2.24) is 0 Å². The average molecular weight is 238 g/mol. The second kappa shape index (κ2) is 6.39. The molecule has 94 valence electrons. The molecule has 0 fully saturated rings. The van der Waals surface area contributed by atoms with Gasteiger partial charge in [0.05, 0.1) is 0 Å². The van der Waals surface area contributed by atoms with Crippen LogP contribution in [-0.2, 0) is 12.8 Å². The van der Waals surface area contributed by atoms with Crippen LogP contribution in [0, 0.1) is 6.92 Å². The Kier molecular flexibility index (Phi) is 4.58. The first-order valence-electron chi connectivity index (χ1n) is 6.92. The summed E-state index contributed by atoms with van der Waals surface area (Å²) in [5, 5.41) is 0. The van der Waals surface area contributed by atoms with E-state index in [1.807, 2.05) is 0 Å². The van der Waals surface area contributed by atoms with Crippen LogP contribution in [0.15, 0.2) is 48.5 Å². The molecule has 18 heavy (non-hydrogen) atoms. The molecule has 0 aliphatic rings. The zero-order valence-corrected chi connectivity index (χ0v) is 11.4. The lowest BCUT2D eigenvalue weighted by Gasteiger charge is -2.09. The molecule has 0 heterocycles. The van der Waals surface area contributed by atoms with Crippen LogP contribution in [0.5, 0.6) is 0 Å². The lowest BCUT2D eigenvalue weighted by Crippen LogP contribution is -1.95. The Morgan fingerprint density at radius 3 is 2.17 bits per heavy atom. The van der Waals surface area contributed by atoms with E-state index in [0.29, 0.717) is 0 Å². The highest BCUT2D eigenvalue weighted by atomic mass is 14.1. The predicted octanol–water partition coefficient (Wildman–Crippen LogP) is 4.93. The highest BCUT2D eigenvalue weighted by molar-refractivity contribution is 5.33. The molecule has 0 spiro atoms. The summed E-state index contributed by atoms with van der Waals surface area (Å²) in [6, 6.07) is 17.7. The Labute approximate surface area is 111 Å². The third-order valence-electron chi connectivity index (χ3n) is 3.43. The fraction of sp³-hybridized carbons (Fsp3) is 0.333. The van der Waals surface area contributed by atoms with Gasteiger partial charge in [-0.1, -0.05) is 67.4 Å². The number of aryl methyl sites for hydroxylation is 2. The van der Waals surface area contributed by atoms with Crippen molar-refractivity contribution in [2.24, 2.45) is 0 Å². The van der Waals surface area contributed by atoms with Gasteiger partial charge in [0, 0.05) is 0 Å². The maximum Gasteiger partial charge on any atom is -0.00230 e. The topological polar surface area (TPSA) is 0 Å². The van der Waals surface area contributed by atoms with E-state index < -0.39 is 0 Å². The largest absolute Gasteiger partial charge is 0.0654 e. The van der Waals surface area contributed by atoms with Crippen LogP contribution in [0.1, 0.15) is 42.0 Å². The molecule has 2 rings (SSSR count). The third-order valence-corrected chi connectivity index (χ3v) is 3.43. The van der Waals surface area contributed by atoms with Gasteiger partial charge in [0.15, 0.2) is 0 Å². The van der Waals surface area contributed by atoms with E-state index in [4.69, 9.17) is 0 Å². The van der Waals surface area contributed by atoms with Crippen molar-refractivity contribution in [1.29, 1.82) is 0 Å². The highest BCUT2D eigenvalue weighted by Gasteiger charge is 2.02. The predicted molar refractivity (Wildman–Crippen MR) is 79.0 cm³/mol. The molecule has 0 bridgehead atoms. The van der Waals surface area contributed by atoms with Crippen LogP contribution >= 0.6 is 0 Å². The summed E-state index contributed by atoms with van der Waals surface area (Å²) < 4.78 is 0. The van der Waals surface area contributed by atoms with Gasteiger partial charge in [-0.3, -0.25) is 0 Å². The molecule has 0 unspecified atom stereocenters. The summed E-state index contributed by atoms with van der Waals surface area (Å²) >= 11 is 0. The molecule has 0 aliphatic heterocycles. The molecule has 2 aromatic rings. The Hall–Kier alpha value is -1.56. The molecule has 0 aliphatic carbocycles. The van der Waals surface area contributed by atoms with E-state index in [1.165, 1.54) is 41.5 Å². The minimum absolute atomic E-state index is 1.06. The number of rotatable bonds is 5. The van der Waals surface area contributed by atoms with E-state index in [9.17, 15) is 0 Å². The summed E-state index contributed by atoms with van der Waals surface area (Å²) in [7, 11) is 0. The Bertz CT molecular complexity index is 480. The van der Waals surface area contributed by atoms with Gasteiger partial charge in [-0.2, -0.15) is 0 Å². The van der Waals surface area contributed by atoms with E-state index >= 15 is 0 Å². The molecule has 0 nitrogen and oxygen atoms in total. The summed E-state index contributed by atoms with van der Waals surface area (Å²) in [5.41, 5.74) is 5.73. The van der Waals surface area contributed by atoms with Crippen LogP contribution in [0.3, 0.4) is 0 Å². The van der Waals surface area contributed by atoms with E-state index in [1.54, 1.807) is 0 Å². The molecular weight excluding hydrogens is 216 g/mol. The van der Waals surface area contributed by atoms with Crippen LogP contribution < -0.4 is 0 Å². The van der Waals surface area contributed by atoms with Crippen LogP contribution in [-0.4, -0.2) is 0 Å². The minimum atomic E-state index is 1.06. The van der Waals surface area contributed by atoms with Crippen molar-refractivity contribution in [3.05, 3.63) is 70.8 Å². The summed E-state index contributed by atoms with van der Waals surface area (Å²) in [6.45, 7) is 4.39. The summed E-state index contributed by atoms with van der Waals surface area (Å²) in [5.74, 6) is 0. The molecular formula is C18H22. The SMILES string of the molecule is CCCCc1ccccc1Cc1ccc(C)cc1. The van der Waals surface area contributed by atoms with E-state index in [2.05, 4.69) is 62.4 Å². The second-order valence-electron chi connectivity index (χ2n) is 5.03. The molecule has 0 N–H and O–H groups in total. The van der Waals surface area contributed by atoms with Gasteiger partial charge in [-0.05, 0) is 42.9 Å². The van der Waals surface area contributed by atoms with Gasteiger partial charge in [-0.15, -0.1) is 0 Å². The van der Waals surface area contributed by atoms with Gasteiger partial charge in [0.25, 0.3) is 0 Å². The lowest BCUT2D eigenvalue weighted by atomic mass is 9.96. The first kappa shape index (κ1) is 12.9. The highest BCUT2D eigenvalue weighted by Crippen LogP contribution is 2.17. The molecule has 0 saturated heterocycles. The van der Waals surface area contributed by atoms with Crippen LogP contribution in [0.4, 0.5) is 0 Å². The Balaban J connectivity index is 2.15. The standard InChI is InChI=1S/C18H22/c1-3-4-7-17-8-5-6-9-18(17)14-16-12-10-15(2)11-13-16/h5-6,8-13H,3-4,7,14H2,1-2H3. The summed E-state index contributed by atoms with van der Waals surface area (Å²) in [6.07, 6.45) is 4.81. The molecule has 0 heteroatoms. The van der Waals surface area contributed by atoms with Gasteiger partial charge in [0.1, 0.15) is 0 Å². The summed E-state index contributed by atoms with van der Waals surface area (Å²) in [4.78, 5) is 0. The van der Waals surface area contributed by atoms with Gasteiger partial charge in [-0.25, -0.2) is 0 Å².